The summed E-state index contributed by atoms with van der Waals surface area (Å²) in [6.45, 7) is 4.66. The Labute approximate surface area is 127 Å². The van der Waals surface area contributed by atoms with Gasteiger partial charge in [-0.1, -0.05) is 19.1 Å². The zero-order valence-corrected chi connectivity index (χ0v) is 12.8. The van der Waals surface area contributed by atoms with Crippen LogP contribution in [0.2, 0.25) is 0 Å². The van der Waals surface area contributed by atoms with Crippen molar-refractivity contribution in [2.24, 2.45) is 5.92 Å². The summed E-state index contributed by atoms with van der Waals surface area (Å²) in [5.74, 6) is 1.96. The van der Waals surface area contributed by atoms with Crippen LogP contribution in [0.25, 0.3) is 0 Å². The van der Waals surface area contributed by atoms with Crippen LogP contribution in [-0.4, -0.2) is 21.8 Å². The third-order valence-corrected chi connectivity index (χ3v) is 4.32. The summed E-state index contributed by atoms with van der Waals surface area (Å²) in [5.41, 5.74) is 0.919. The number of nitrogens with zero attached hydrogens (tertiary/aromatic N) is 3. The molecule has 0 amide bonds. The van der Waals surface area contributed by atoms with E-state index in [-0.39, 0.29) is 5.82 Å². The second-order valence-electron chi connectivity index (χ2n) is 5.48. The molecule has 21 heavy (non-hydrogen) atoms. The predicted molar refractivity (Wildman–Crippen MR) is 81.3 cm³/mol. The van der Waals surface area contributed by atoms with Gasteiger partial charge in [-0.2, -0.15) is 4.37 Å². The van der Waals surface area contributed by atoms with Gasteiger partial charge in [0.25, 0.3) is 5.88 Å². The third-order valence-electron chi connectivity index (χ3n) is 3.81. The normalized spacial score (nSPS) is 16.2. The Kier molecular flexibility index (Phi) is 4.34. The molecule has 1 saturated heterocycles. The van der Waals surface area contributed by atoms with Gasteiger partial charge in [-0.3, -0.25) is 0 Å². The highest BCUT2D eigenvalue weighted by Gasteiger charge is 2.22. The van der Waals surface area contributed by atoms with E-state index >= 15 is 0 Å². The predicted octanol–water partition coefficient (Wildman–Crippen LogP) is 3.49. The smallest absolute Gasteiger partial charge is 0.271 e. The second-order valence-corrected chi connectivity index (χ2v) is 6.01. The molecule has 2 heterocycles. The number of piperidine rings is 1. The summed E-state index contributed by atoms with van der Waals surface area (Å²) in [4.78, 5) is 2.24. The molecule has 0 radical (unpaired) electrons. The maximum absolute atomic E-state index is 12.9. The van der Waals surface area contributed by atoms with Gasteiger partial charge in [0.2, 0.25) is 5.82 Å². The number of benzene rings is 1. The zero-order chi connectivity index (χ0) is 14.7. The van der Waals surface area contributed by atoms with E-state index in [9.17, 15) is 4.39 Å². The number of ether oxygens (including phenoxy) is 1. The molecule has 1 fully saturated rings. The summed E-state index contributed by atoms with van der Waals surface area (Å²) in [5, 5.41) is 0. The van der Waals surface area contributed by atoms with E-state index in [2.05, 4.69) is 20.6 Å². The van der Waals surface area contributed by atoms with E-state index in [1.165, 1.54) is 36.7 Å². The fourth-order valence-corrected chi connectivity index (χ4v) is 2.93. The molecule has 0 saturated carbocycles. The Balaban J connectivity index is 1.64. The van der Waals surface area contributed by atoms with Crippen LogP contribution in [0.5, 0.6) is 5.88 Å². The number of hydrogen-bond acceptors (Lipinski definition) is 5. The summed E-state index contributed by atoms with van der Waals surface area (Å²) in [7, 11) is 0. The third kappa shape index (κ3) is 3.50. The van der Waals surface area contributed by atoms with Gasteiger partial charge >= 0.3 is 0 Å². The minimum Gasteiger partial charge on any atom is -0.470 e. The van der Waals surface area contributed by atoms with Gasteiger partial charge in [-0.05, 0) is 36.5 Å². The molecule has 0 spiro atoms. The lowest BCUT2D eigenvalue weighted by Gasteiger charge is -2.30. The van der Waals surface area contributed by atoms with Gasteiger partial charge in [-0.15, -0.1) is 4.37 Å². The van der Waals surface area contributed by atoms with Crippen LogP contribution in [0.3, 0.4) is 0 Å². The Morgan fingerprint density at radius 2 is 1.95 bits per heavy atom. The first-order valence-corrected chi connectivity index (χ1v) is 7.90. The van der Waals surface area contributed by atoms with Gasteiger partial charge in [-0.25, -0.2) is 4.39 Å². The van der Waals surface area contributed by atoms with E-state index < -0.39 is 0 Å². The highest BCUT2D eigenvalue weighted by molar-refractivity contribution is 6.99. The molecule has 1 aromatic heterocycles. The molecule has 1 aromatic carbocycles. The first-order valence-electron chi connectivity index (χ1n) is 7.17. The molecule has 1 aliphatic rings. The van der Waals surface area contributed by atoms with Gasteiger partial charge < -0.3 is 9.64 Å². The van der Waals surface area contributed by atoms with Crippen molar-refractivity contribution < 1.29 is 9.13 Å². The van der Waals surface area contributed by atoms with Gasteiger partial charge in [0.15, 0.2) is 0 Å². The highest BCUT2D eigenvalue weighted by Crippen LogP contribution is 2.30. The molecule has 2 aromatic rings. The van der Waals surface area contributed by atoms with Crippen molar-refractivity contribution in [3.63, 3.8) is 0 Å². The minimum atomic E-state index is -0.239. The van der Waals surface area contributed by atoms with Crippen molar-refractivity contribution in [3.05, 3.63) is 35.6 Å². The van der Waals surface area contributed by atoms with Crippen LogP contribution >= 0.6 is 11.7 Å². The molecule has 0 aliphatic carbocycles. The molecule has 6 heteroatoms. The molecule has 0 atom stereocenters. The lowest BCUT2D eigenvalue weighted by Crippen LogP contribution is -2.33. The standard InChI is InChI=1S/C15H18FN3OS/c1-11-6-8-19(9-7-11)14-15(18-21-17-14)20-10-12-2-4-13(16)5-3-12/h2-5,11H,6-10H2,1H3. The largest absolute Gasteiger partial charge is 0.470 e. The summed E-state index contributed by atoms with van der Waals surface area (Å²) in [6.07, 6.45) is 2.35. The molecular weight excluding hydrogens is 289 g/mol. The Hall–Kier alpha value is -1.69. The van der Waals surface area contributed by atoms with Gasteiger partial charge in [0.05, 0.1) is 11.7 Å². The van der Waals surface area contributed by atoms with Crippen LogP contribution < -0.4 is 9.64 Å². The lowest BCUT2D eigenvalue weighted by molar-refractivity contribution is 0.295. The van der Waals surface area contributed by atoms with E-state index in [1.807, 2.05) is 0 Å². The molecule has 0 unspecified atom stereocenters. The summed E-state index contributed by atoms with van der Waals surface area (Å²) >= 11 is 1.17. The Morgan fingerprint density at radius 1 is 1.24 bits per heavy atom. The monoisotopic (exact) mass is 307 g/mol. The van der Waals surface area contributed by atoms with Gasteiger partial charge in [0, 0.05) is 13.1 Å². The first kappa shape index (κ1) is 14.3. The molecule has 1 aliphatic heterocycles. The summed E-state index contributed by atoms with van der Waals surface area (Å²) in [6, 6.07) is 6.31. The molecule has 0 N–H and O–H groups in total. The number of anilines is 1. The van der Waals surface area contributed by atoms with Crippen LogP contribution in [0.4, 0.5) is 10.2 Å². The maximum Gasteiger partial charge on any atom is 0.271 e. The molecule has 3 rings (SSSR count). The van der Waals surface area contributed by atoms with Crippen LogP contribution in [-0.2, 0) is 6.61 Å². The van der Waals surface area contributed by atoms with Crippen LogP contribution in [0.1, 0.15) is 25.3 Å². The average Bonchev–Trinajstić information content (AvgIpc) is 2.96. The van der Waals surface area contributed by atoms with E-state index in [0.29, 0.717) is 12.5 Å². The fraction of sp³-hybridized carbons (Fsp3) is 0.467. The van der Waals surface area contributed by atoms with Crippen LogP contribution in [0, 0.1) is 11.7 Å². The van der Waals surface area contributed by atoms with Crippen molar-refractivity contribution in [3.8, 4) is 5.88 Å². The highest BCUT2D eigenvalue weighted by atomic mass is 32.1. The van der Waals surface area contributed by atoms with E-state index in [0.717, 1.165) is 30.4 Å². The Bertz CT molecular complexity index is 579. The zero-order valence-electron chi connectivity index (χ0n) is 12.0. The average molecular weight is 307 g/mol. The summed E-state index contributed by atoms with van der Waals surface area (Å²) < 4.78 is 27.2. The molecule has 4 nitrogen and oxygen atoms in total. The van der Waals surface area contributed by atoms with Crippen molar-refractivity contribution in [1.29, 1.82) is 0 Å². The Morgan fingerprint density at radius 3 is 2.67 bits per heavy atom. The molecular formula is C15H18FN3OS. The van der Waals surface area contributed by atoms with Gasteiger partial charge in [0.1, 0.15) is 12.4 Å². The topological polar surface area (TPSA) is 38.2 Å². The fourth-order valence-electron chi connectivity index (χ4n) is 2.41. The minimum absolute atomic E-state index is 0.239. The lowest BCUT2D eigenvalue weighted by atomic mass is 9.99. The van der Waals surface area contributed by atoms with E-state index in [4.69, 9.17) is 4.74 Å². The number of hydrogen-bond donors (Lipinski definition) is 0. The maximum atomic E-state index is 12.9. The second kappa shape index (κ2) is 6.39. The van der Waals surface area contributed by atoms with Crippen molar-refractivity contribution in [2.45, 2.75) is 26.4 Å². The van der Waals surface area contributed by atoms with Crippen molar-refractivity contribution in [1.82, 2.24) is 8.75 Å². The SMILES string of the molecule is CC1CCN(c2nsnc2OCc2ccc(F)cc2)CC1. The molecule has 0 bridgehead atoms. The number of rotatable bonds is 4. The quantitative estimate of drug-likeness (QED) is 0.866. The molecule has 112 valence electrons. The van der Waals surface area contributed by atoms with Crippen LogP contribution in [0.15, 0.2) is 24.3 Å². The number of halogens is 1. The van der Waals surface area contributed by atoms with Crippen molar-refractivity contribution in [2.75, 3.05) is 18.0 Å². The first-order chi connectivity index (χ1) is 10.2. The van der Waals surface area contributed by atoms with Crippen molar-refractivity contribution >= 4 is 17.5 Å². The number of aromatic nitrogens is 2. The van der Waals surface area contributed by atoms with E-state index in [1.54, 1.807) is 12.1 Å².